The maximum Gasteiger partial charge on any atom is 0.248 e. The summed E-state index contributed by atoms with van der Waals surface area (Å²) in [5.41, 5.74) is 1.47. The summed E-state index contributed by atoms with van der Waals surface area (Å²) in [7, 11) is 0. The molecule has 2 aromatic heterocycles. The maximum atomic E-state index is 12.3. The normalized spacial score (nSPS) is 19.2. The van der Waals surface area contributed by atoms with E-state index in [-0.39, 0.29) is 24.7 Å². The molecular formula is C20H23N7O2. The van der Waals surface area contributed by atoms with Crippen LogP contribution in [0.25, 0.3) is 11.4 Å². The van der Waals surface area contributed by atoms with Gasteiger partial charge in [0.2, 0.25) is 11.7 Å². The molecule has 1 saturated heterocycles. The summed E-state index contributed by atoms with van der Waals surface area (Å²) in [6, 6.07) is 13.3. The number of carbonyl (C=O) groups excluding carboxylic acids is 1. The van der Waals surface area contributed by atoms with Crippen molar-refractivity contribution < 1.29 is 9.53 Å². The van der Waals surface area contributed by atoms with E-state index in [1.807, 2.05) is 42.5 Å². The number of pyridine rings is 1. The van der Waals surface area contributed by atoms with Gasteiger partial charge in [0, 0.05) is 18.7 Å². The van der Waals surface area contributed by atoms with Gasteiger partial charge < -0.3 is 15.0 Å². The van der Waals surface area contributed by atoms with Gasteiger partial charge in [-0.05, 0) is 31.2 Å². The van der Waals surface area contributed by atoms with Crippen LogP contribution in [0, 0.1) is 0 Å². The molecule has 1 aliphatic heterocycles. The lowest BCUT2D eigenvalue weighted by Crippen LogP contribution is -2.45. The van der Waals surface area contributed by atoms with Crippen molar-refractivity contribution in [1.82, 2.24) is 25.2 Å². The largest absolute Gasteiger partial charge is 0.372 e. The molecular weight excluding hydrogens is 370 g/mol. The van der Waals surface area contributed by atoms with Crippen LogP contribution >= 0.6 is 0 Å². The first-order valence-corrected chi connectivity index (χ1v) is 9.56. The monoisotopic (exact) mass is 393 g/mol. The molecule has 1 amide bonds. The Balaban J connectivity index is 1.35. The Morgan fingerprint density at radius 3 is 2.59 bits per heavy atom. The highest BCUT2D eigenvalue weighted by atomic mass is 16.5. The summed E-state index contributed by atoms with van der Waals surface area (Å²) in [5.74, 6) is 1.11. The van der Waals surface area contributed by atoms with E-state index in [0.717, 1.165) is 24.5 Å². The van der Waals surface area contributed by atoms with Gasteiger partial charge in [0.05, 0.1) is 24.1 Å². The van der Waals surface area contributed by atoms with Crippen molar-refractivity contribution >= 4 is 17.4 Å². The Bertz CT molecular complexity index is 948. The fourth-order valence-electron chi connectivity index (χ4n) is 3.35. The number of morpholine rings is 1. The molecule has 1 fully saturated rings. The van der Waals surface area contributed by atoms with Crippen LogP contribution in [-0.2, 0) is 16.1 Å². The second-order valence-electron chi connectivity index (χ2n) is 7.13. The zero-order chi connectivity index (χ0) is 20.2. The first-order valence-electron chi connectivity index (χ1n) is 9.56. The number of benzene rings is 1. The lowest BCUT2D eigenvalue weighted by molar-refractivity contribution is -0.117. The van der Waals surface area contributed by atoms with Crippen LogP contribution in [0.3, 0.4) is 0 Å². The zero-order valence-electron chi connectivity index (χ0n) is 16.4. The smallest absolute Gasteiger partial charge is 0.248 e. The number of rotatable bonds is 5. The summed E-state index contributed by atoms with van der Waals surface area (Å²) in [6.45, 7) is 5.67. The quantitative estimate of drug-likeness (QED) is 0.708. The van der Waals surface area contributed by atoms with E-state index in [9.17, 15) is 4.79 Å². The molecule has 2 unspecified atom stereocenters. The minimum atomic E-state index is -0.245. The molecule has 0 saturated carbocycles. The number of carbonyl (C=O) groups is 1. The number of aromatic nitrogens is 5. The van der Waals surface area contributed by atoms with Crippen LogP contribution in [0.2, 0.25) is 0 Å². The van der Waals surface area contributed by atoms with E-state index in [1.165, 1.54) is 4.80 Å². The van der Waals surface area contributed by atoms with Gasteiger partial charge in [-0.2, -0.15) is 4.80 Å². The summed E-state index contributed by atoms with van der Waals surface area (Å²) in [6.07, 6.45) is 1.98. The first-order chi connectivity index (χ1) is 14.1. The third-order valence-corrected chi connectivity index (χ3v) is 4.55. The van der Waals surface area contributed by atoms with E-state index >= 15 is 0 Å². The summed E-state index contributed by atoms with van der Waals surface area (Å²) < 4.78 is 5.76. The minimum Gasteiger partial charge on any atom is -0.372 e. The number of amides is 1. The summed E-state index contributed by atoms with van der Waals surface area (Å²) >= 11 is 0. The average molecular weight is 393 g/mol. The molecule has 0 spiro atoms. The Morgan fingerprint density at radius 1 is 1.14 bits per heavy atom. The SMILES string of the molecule is CC1CN(c2ccc(NC(=O)Cn3nnc(-c4ccccc4)n3)cn2)CC(C)O1. The Hall–Kier alpha value is -3.33. The third kappa shape index (κ3) is 4.75. The molecule has 1 aromatic carbocycles. The molecule has 9 nitrogen and oxygen atoms in total. The number of hydrogen-bond acceptors (Lipinski definition) is 7. The van der Waals surface area contributed by atoms with Crippen molar-refractivity contribution in [3.05, 3.63) is 48.7 Å². The van der Waals surface area contributed by atoms with Crippen molar-refractivity contribution in [2.75, 3.05) is 23.3 Å². The van der Waals surface area contributed by atoms with Crippen LogP contribution < -0.4 is 10.2 Å². The highest BCUT2D eigenvalue weighted by Gasteiger charge is 2.23. The summed E-state index contributed by atoms with van der Waals surface area (Å²) in [4.78, 5) is 20.2. The standard InChI is InChI=1S/C20H23N7O2/c1-14-11-26(12-15(2)29-14)18-9-8-17(10-21-18)22-19(28)13-27-24-20(23-25-27)16-6-4-3-5-7-16/h3-10,14-15H,11-13H2,1-2H3,(H,22,28). The Labute approximate surface area is 168 Å². The third-order valence-electron chi connectivity index (χ3n) is 4.55. The van der Waals surface area contributed by atoms with Crippen molar-refractivity contribution in [2.45, 2.75) is 32.6 Å². The number of anilines is 2. The molecule has 1 aliphatic rings. The molecule has 0 radical (unpaired) electrons. The topological polar surface area (TPSA) is 98.1 Å². The van der Waals surface area contributed by atoms with Crippen LogP contribution in [-0.4, -0.2) is 56.4 Å². The highest BCUT2D eigenvalue weighted by molar-refractivity contribution is 5.90. The molecule has 4 rings (SSSR count). The lowest BCUT2D eigenvalue weighted by atomic mass is 10.2. The van der Waals surface area contributed by atoms with E-state index < -0.39 is 0 Å². The van der Waals surface area contributed by atoms with Gasteiger partial charge in [0.1, 0.15) is 12.4 Å². The number of ether oxygens (including phenoxy) is 1. The Morgan fingerprint density at radius 2 is 1.90 bits per heavy atom. The van der Waals surface area contributed by atoms with Gasteiger partial charge in [-0.1, -0.05) is 30.3 Å². The van der Waals surface area contributed by atoms with Gasteiger partial charge in [0.25, 0.3) is 0 Å². The van der Waals surface area contributed by atoms with Gasteiger partial charge in [-0.25, -0.2) is 4.98 Å². The molecule has 2 atom stereocenters. The average Bonchev–Trinajstić information content (AvgIpc) is 3.17. The second kappa shape index (κ2) is 8.36. The van der Waals surface area contributed by atoms with Crippen LogP contribution in [0.5, 0.6) is 0 Å². The van der Waals surface area contributed by atoms with Crippen LogP contribution in [0.4, 0.5) is 11.5 Å². The predicted octanol–water partition coefficient (Wildman–Crippen LogP) is 1.99. The second-order valence-corrected chi connectivity index (χ2v) is 7.13. The molecule has 9 heteroatoms. The molecule has 150 valence electrons. The number of nitrogens with one attached hydrogen (secondary N) is 1. The van der Waals surface area contributed by atoms with E-state index in [2.05, 4.69) is 44.5 Å². The number of nitrogens with zero attached hydrogens (tertiary/aromatic N) is 6. The molecule has 1 N–H and O–H groups in total. The van der Waals surface area contributed by atoms with Crippen molar-refractivity contribution in [3.63, 3.8) is 0 Å². The van der Waals surface area contributed by atoms with Crippen LogP contribution in [0.15, 0.2) is 48.7 Å². The van der Waals surface area contributed by atoms with E-state index in [4.69, 9.17) is 4.74 Å². The molecule has 29 heavy (non-hydrogen) atoms. The molecule has 0 bridgehead atoms. The fraction of sp³-hybridized carbons (Fsp3) is 0.350. The number of hydrogen-bond donors (Lipinski definition) is 1. The van der Waals surface area contributed by atoms with Crippen molar-refractivity contribution in [2.24, 2.45) is 0 Å². The maximum absolute atomic E-state index is 12.3. The summed E-state index contributed by atoms with van der Waals surface area (Å²) in [5, 5.41) is 15.0. The van der Waals surface area contributed by atoms with Crippen molar-refractivity contribution in [3.8, 4) is 11.4 Å². The predicted molar refractivity (Wildman–Crippen MR) is 108 cm³/mol. The number of tetrazole rings is 1. The molecule has 3 aromatic rings. The highest BCUT2D eigenvalue weighted by Crippen LogP contribution is 2.19. The molecule has 3 heterocycles. The van der Waals surface area contributed by atoms with Gasteiger partial charge in [0.15, 0.2) is 0 Å². The Kier molecular flexibility index (Phi) is 5.48. The van der Waals surface area contributed by atoms with E-state index in [1.54, 1.807) is 6.20 Å². The van der Waals surface area contributed by atoms with Gasteiger partial charge in [-0.15, -0.1) is 10.2 Å². The van der Waals surface area contributed by atoms with Crippen molar-refractivity contribution in [1.29, 1.82) is 0 Å². The minimum absolute atomic E-state index is 0.0277. The van der Waals surface area contributed by atoms with E-state index in [0.29, 0.717) is 11.5 Å². The van der Waals surface area contributed by atoms with Gasteiger partial charge >= 0.3 is 0 Å². The molecule has 0 aliphatic carbocycles. The fourth-order valence-corrected chi connectivity index (χ4v) is 3.35. The van der Waals surface area contributed by atoms with Gasteiger partial charge in [-0.3, -0.25) is 4.79 Å². The zero-order valence-corrected chi connectivity index (χ0v) is 16.4. The first kappa shape index (κ1) is 19.0. The van der Waals surface area contributed by atoms with Crippen LogP contribution in [0.1, 0.15) is 13.8 Å². The lowest BCUT2D eigenvalue weighted by Gasteiger charge is -2.36.